The molecule has 6 nitrogen and oxygen atoms in total. The highest BCUT2D eigenvalue weighted by molar-refractivity contribution is 6.02. The monoisotopic (exact) mass is 412 g/mol. The summed E-state index contributed by atoms with van der Waals surface area (Å²) < 4.78 is 6.97. The van der Waals surface area contributed by atoms with Crippen molar-refractivity contribution in [1.29, 1.82) is 0 Å². The minimum absolute atomic E-state index is 0.0966. The summed E-state index contributed by atoms with van der Waals surface area (Å²) in [7, 11) is 1.59. The highest BCUT2D eigenvalue weighted by atomic mass is 16.5. The number of methoxy groups -OCH3 is 1. The summed E-state index contributed by atoms with van der Waals surface area (Å²) in [4.78, 5) is 17.6. The number of carbonyl (C=O) groups excluding carboxylic acids is 1. The van der Waals surface area contributed by atoms with Gasteiger partial charge in [-0.15, -0.1) is 5.10 Å². The normalized spacial score (nSPS) is 10.7. The molecule has 1 amide bonds. The summed E-state index contributed by atoms with van der Waals surface area (Å²) in [6.45, 7) is 6.08. The lowest BCUT2D eigenvalue weighted by molar-refractivity contribution is 0.101. The van der Waals surface area contributed by atoms with Crippen LogP contribution in [0.25, 0.3) is 17.1 Å². The fraction of sp³-hybridized carbons (Fsp3) is 0.160. The second kappa shape index (κ2) is 8.44. The number of anilines is 1. The standard InChI is InChI=1S/C25H24N4O2/c1-16-9-12-19(13-10-16)24-27-23(25(30)26-20-6-5-7-21(15-20)31-4)28-29(24)22-14-17(2)8-11-18(22)3/h5-15H,1-4H3,(H,26,30). The summed E-state index contributed by atoms with van der Waals surface area (Å²) >= 11 is 0. The third-order valence-electron chi connectivity index (χ3n) is 5.04. The van der Waals surface area contributed by atoms with Gasteiger partial charge in [-0.2, -0.15) is 0 Å². The predicted molar refractivity (Wildman–Crippen MR) is 122 cm³/mol. The molecule has 6 heteroatoms. The Bertz CT molecular complexity index is 1240. The number of benzene rings is 3. The van der Waals surface area contributed by atoms with Crippen molar-refractivity contribution in [3.63, 3.8) is 0 Å². The molecule has 4 aromatic rings. The van der Waals surface area contributed by atoms with E-state index in [9.17, 15) is 4.79 Å². The number of amides is 1. The molecule has 0 aliphatic heterocycles. The molecule has 0 radical (unpaired) electrons. The van der Waals surface area contributed by atoms with Crippen molar-refractivity contribution < 1.29 is 9.53 Å². The molecule has 0 atom stereocenters. The molecule has 0 aliphatic rings. The fourth-order valence-corrected chi connectivity index (χ4v) is 3.30. The lowest BCUT2D eigenvalue weighted by Gasteiger charge is -2.10. The van der Waals surface area contributed by atoms with Crippen molar-refractivity contribution >= 4 is 11.6 Å². The van der Waals surface area contributed by atoms with Crippen molar-refractivity contribution in [3.8, 4) is 22.8 Å². The van der Waals surface area contributed by atoms with Gasteiger partial charge in [-0.05, 0) is 50.1 Å². The van der Waals surface area contributed by atoms with Gasteiger partial charge in [0, 0.05) is 17.3 Å². The van der Waals surface area contributed by atoms with E-state index in [1.807, 2.05) is 69.3 Å². The second-order valence-corrected chi connectivity index (χ2v) is 7.51. The third-order valence-corrected chi connectivity index (χ3v) is 5.04. The molecule has 0 fully saturated rings. The van der Waals surface area contributed by atoms with Gasteiger partial charge in [0.15, 0.2) is 5.82 Å². The van der Waals surface area contributed by atoms with Crippen molar-refractivity contribution in [1.82, 2.24) is 14.8 Å². The molecule has 156 valence electrons. The van der Waals surface area contributed by atoms with Crippen molar-refractivity contribution in [2.24, 2.45) is 0 Å². The minimum atomic E-state index is -0.384. The molecule has 0 spiro atoms. The van der Waals surface area contributed by atoms with Crippen LogP contribution in [0.5, 0.6) is 5.75 Å². The number of hydrogen-bond donors (Lipinski definition) is 1. The maximum atomic E-state index is 13.0. The Kier molecular flexibility index (Phi) is 5.54. The summed E-state index contributed by atoms with van der Waals surface area (Å²) in [6.07, 6.45) is 0. The molecule has 4 rings (SSSR count). The number of hydrogen-bond acceptors (Lipinski definition) is 4. The average molecular weight is 412 g/mol. The first-order chi connectivity index (χ1) is 14.9. The number of ether oxygens (including phenoxy) is 1. The lowest BCUT2D eigenvalue weighted by Crippen LogP contribution is -2.14. The number of aromatic nitrogens is 3. The second-order valence-electron chi connectivity index (χ2n) is 7.51. The van der Waals surface area contributed by atoms with Crippen LogP contribution in [0.2, 0.25) is 0 Å². The van der Waals surface area contributed by atoms with Gasteiger partial charge in [-0.25, -0.2) is 9.67 Å². The first-order valence-corrected chi connectivity index (χ1v) is 10.0. The van der Waals surface area contributed by atoms with E-state index in [0.29, 0.717) is 17.3 Å². The third kappa shape index (κ3) is 4.33. The molecule has 1 N–H and O–H groups in total. The molecule has 0 aliphatic carbocycles. The number of nitrogens with zero attached hydrogens (tertiary/aromatic N) is 3. The first-order valence-electron chi connectivity index (χ1n) is 10.0. The maximum Gasteiger partial charge on any atom is 0.295 e. The zero-order chi connectivity index (χ0) is 22.0. The molecule has 0 bridgehead atoms. The number of carbonyl (C=O) groups is 1. The SMILES string of the molecule is COc1cccc(NC(=O)c2nc(-c3ccc(C)cc3)n(-c3cc(C)ccc3C)n2)c1. The number of aryl methyl sites for hydroxylation is 3. The highest BCUT2D eigenvalue weighted by Gasteiger charge is 2.20. The largest absolute Gasteiger partial charge is 0.497 e. The smallest absolute Gasteiger partial charge is 0.295 e. The Hall–Kier alpha value is -3.93. The van der Waals surface area contributed by atoms with Crippen LogP contribution in [0.3, 0.4) is 0 Å². The zero-order valence-corrected chi connectivity index (χ0v) is 18.0. The van der Waals surface area contributed by atoms with Crippen LogP contribution < -0.4 is 10.1 Å². The summed E-state index contributed by atoms with van der Waals surface area (Å²) in [5.74, 6) is 0.987. The van der Waals surface area contributed by atoms with E-state index in [-0.39, 0.29) is 11.7 Å². The summed E-state index contributed by atoms with van der Waals surface area (Å²) in [5.41, 5.74) is 5.70. The van der Waals surface area contributed by atoms with Gasteiger partial charge in [0.25, 0.3) is 5.91 Å². The van der Waals surface area contributed by atoms with Crippen LogP contribution in [-0.4, -0.2) is 27.8 Å². The Morgan fingerprint density at radius 1 is 0.935 bits per heavy atom. The molecule has 1 heterocycles. The van der Waals surface area contributed by atoms with Crippen LogP contribution in [-0.2, 0) is 0 Å². The molecule has 0 unspecified atom stereocenters. The Balaban J connectivity index is 1.78. The van der Waals surface area contributed by atoms with Crippen molar-refractivity contribution in [3.05, 3.63) is 89.2 Å². The molecular weight excluding hydrogens is 388 g/mol. The molecule has 31 heavy (non-hydrogen) atoms. The fourth-order valence-electron chi connectivity index (χ4n) is 3.30. The Morgan fingerprint density at radius 2 is 1.68 bits per heavy atom. The van der Waals surface area contributed by atoms with E-state index in [4.69, 9.17) is 4.74 Å². The van der Waals surface area contributed by atoms with Crippen molar-refractivity contribution in [2.75, 3.05) is 12.4 Å². The van der Waals surface area contributed by atoms with Crippen LogP contribution in [0, 0.1) is 20.8 Å². The van der Waals surface area contributed by atoms with Gasteiger partial charge in [-0.3, -0.25) is 4.79 Å². The highest BCUT2D eigenvalue weighted by Crippen LogP contribution is 2.25. The minimum Gasteiger partial charge on any atom is -0.497 e. The lowest BCUT2D eigenvalue weighted by atomic mass is 10.1. The van der Waals surface area contributed by atoms with Gasteiger partial charge in [0.1, 0.15) is 5.75 Å². The number of rotatable bonds is 5. The van der Waals surface area contributed by atoms with Gasteiger partial charge in [-0.1, -0.05) is 48.0 Å². The molecular formula is C25H24N4O2. The van der Waals surface area contributed by atoms with Gasteiger partial charge in [0.2, 0.25) is 5.82 Å². The van der Waals surface area contributed by atoms with E-state index in [1.54, 1.807) is 23.9 Å². The summed E-state index contributed by atoms with van der Waals surface area (Å²) in [5, 5.41) is 7.44. The van der Waals surface area contributed by atoms with Gasteiger partial charge >= 0.3 is 0 Å². The van der Waals surface area contributed by atoms with Crippen LogP contribution in [0.15, 0.2) is 66.7 Å². The Labute approximate surface area is 181 Å². The maximum absolute atomic E-state index is 13.0. The van der Waals surface area contributed by atoms with Crippen LogP contribution in [0.1, 0.15) is 27.3 Å². The van der Waals surface area contributed by atoms with Crippen molar-refractivity contribution in [2.45, 2.75) is 20.8 Å². The van der Waals surface area contributed by atoms with Gasteiger partial charge < -0.3 is 10.1 Å². The quantitative estimate of drug-likeness (QED) is 0.494. The van der Waals surface area contributed by atoms with E-state index in [2.05, 4.69) is 21.5 Å². The molecule has 0 saturated carbocycles. The van der Waals surface area contributed by atoms with Crippen LogP contribution in [0.4, 0.5) is 5.69 Å². The topological polar surface area (TPSA) is 69.0 Å². The Morgan fingerprint density at radius 3 is 2.42 bits per heavy atom. The molecule has 3 aromatic carbocycles. The number of nitrogens with one attached hydrogen (secondary N) is 1. The first kappa shape index (κ1) is 20.3. The average Bonchev–Trinajstić information content (AvgIpc) is 3.21. The predicted octanol–water partition coefficient (Wildman–Crippen LogP) is 5.12. The summed E-state index contributed by atoms with van der Waals surface area (Å²) in [6, 6.07) is 21.3. The van der Waals surface area contributed by atoms with E-state index in [0.717, 1.165) is 27.9 Å². The zero-order valence-electron chi connectivity index (χ0n) is 18.0. The molecule has 1 aromatic heterocycles. The van der Waals surface area contributed by atoms with E-state index in [1.165, 1.54) is 0 Å². The van der Waals surface area contributed by atoms with Crippen LogP contribution >= 0.6 is 0 Å². The molecule has 0 saturated heterocycles. The van der Waals surface area contributed by atoms with E-state index < -0.39 is 0 Å². The van der Waals surface area contributed by atoms with Gasteiger partial charge in [0.05, 0.1) is 12.8 Å². The van der Waals surface area contributed by atoms with E-state index >= 15 is 0 Å².